The van der Waals surface area contributed by atoms with Gasteiger partial charge in [-0.05, 0) is 13.0 Å². The number of ketones is 1. The van der Waals surface area contributed by atoms with Gasteiger partial charge in [0, 0.05) is 6.07 Å². The van der Waals surface area contributed by atoms with Crippen molar-refractivity contribution in [3.05, 3.63) is 17.9 Å². The first-order valence-electron chi connectivity index (χ1n) is 4.50. The molecule has 1 heterocycles. The van der Waals surface area contributed by atoms with E-state index in [1.54, 1.807) is 0 Å². The quantitative estimate of drug-likeness (QED) is 0.609. The van der Waals surface area contributed by atoms with E-state index in [1.165, 1.54) is 26.2 Å². The van der Waals surface area contributed by atoms with Crippen LogP contribution in [0.4, 0.5) is 5.88 Å². The van der Waals surface area contributed by atoms with Crippen molar-refractivity contribution in [2.75, 3.05) is 12.4 Å². The Balaban J connectivity index is 2.62. The summed E-state index contributed by atoms with van der Waals surface area (Å²) < 4.78 is 9.39. The fourth-order valence-electron chi connectivity index (χ4n) is 1.02. The second-order valence-corrected chi connectivity index (χ2v) is 3.08. The molecule has 1 N–H and O–H groups in total. The number of Topliss-reactive ketones (excluding diaryl/α,β-unsaturated/α-hetero) is 1. The maximum atomic E-state index is 11.2. The Kier molecular flexibility index (Phi) is 3.82. The number of carbonyl (C=O) groups is 3. The van der Waals surface area contributed by atoms with E-state index in [2.05, 4.69) is 10.1 Å². The summed E-state index contributed by atoms with van der Waals surface area (Å²) in [6.07, 6.45) is -0.228. The molecule has 1 rings (SSSR count). The van der Waals surface area contributed by atoms with Crippen LogP contribution in [0.25, 0.3) is 0 Å². The van der Waals surface area contributed by atoms with Crippen LogP contribution < -0.4 is 5.32 Å². The summed E-state index contributed by atoms with van der Waals surface area (Å²) in [4.78, 5) is 32.8. The van der Waals surface area contributed by atoms with E-state index in [4.69, 9.17) is 4.42 Å². The molecule has 0 saturated carbocycles. The molecule has 1 aromatic rings. The van der Waals surface area contributed by atoms with Crippen LogP contribution in [0.3, 0.4) is 0 Å². The smallest absolute Gasteiger partial charge is 0.374 e. The Morgan fingerprint density at radius 2 is 2.06 bits per heavy atom. The minimum Gasteiger partial charge on any atom is -0.463 e. The summed E-state index contributed by atoms with van der Waals surface area (Å²) in [5, 5.41) is 2.34. The van der Waals surface area contributed by atoms with Crippen LogP contribution in [0.15, 0.2) is 16.5 Å². The number of hydrogen-bond acceptors (Lipinski definition) is 5. The van der Waals surface area contributed by atoms with Gasteiger partial charge in [0.25, 0.3) is 0 Å². The molecule has 0 saturated heterocycles. The average Bonchev–Trinajstić information content (AvgIpc) is 2.63. The molecule has 1 aromatic heterocycles. The lowest BCUT2D eigenvalue weighted by Gasteiger charge is -1.98. The highest BCUT2D eigenvalue weighted by Crippen LogP contribution is 2.14. The molecule has 0 atom stereocenters. The maximum absolute atomic E-state index is 11.2. The molecular weight excluding hydrogens is 214 g/mol. The first kappa shape index (κ1) is 12.0. The fraction of sp³-hybridized carbons (Fsp3) is 0.300. The van der Waals surface area contributed by atoms with E-state index in [-0.39, 0.29) is 23.8 Å². The molecule has 0 unspecified atom stereocenters. The van der Waals surface area contributed by atoms with E-state index in [0.29, 0.717) is 0 Å². The van der Waals surface area contributed by atoms with Gasteiger partial charge in [-0.1, -0.05) is 0 Å². The Bertz CT molecular complexity index is 421. The number of nitrogens with one attached hydrogen (secondary N) is 1. The van der Waals surface area contributed by atoms with Gasteiger partial charge in [-0.2, -0.15) is 0 Å². The van der Waals surface area contributed by atoms with Crippen molar-refractivity contribution in [1.82, 2.24) is 0 Å². The third kappa shape index (κ3) is 3.23. The molecular formula is C10H11NO5. The Morgan fingerprint density at radius 1 is 1.38 bits per heavy atom. The highest BCUT2D eigenvalue weighted by atomic mass is 16.5. The minimum absolute atomic E-state index is 0.0133. The second-order valence-electron chi connectivity index (χ2n) is 3.08. The SMILES string of the molecule is COC(=O)c1ccc(NC(=O)CC(C)=O)o1. The minimum atomic E-state index is -0.632. The molecule has 0 aliphatic carbocycles. The van der Waals surface area contributed by atoms with Gasteiger partial charge in [0.2, 0.25) is 17.6 Å². The topological polar surface area (TPSA) is 85.6 Å². The number of rotatable bonds is 4. The molecule has 0 aliphatic rings. The lowest BCUT2D eigenvalue weighted by molar-refractivity contribution is -0.124. The zero-order valence-corrected chi connectivity index (χ0v) is 8.90. The zero-order chi connectivity index (χ0) is 12.1. The van der Waals surface area contributed by atoms with Crippen LogP contribution in [0, 0.1) is 0 Å². The van der Waals surface area contributed by atoms with Crippen molar-refractivity contribution in [2.45, 2.75) is 13.3 Å². The molecule has 0 bridgehead atoms. The number of esters is 1. The third-order valence-electron chi connectivity index (χ3n) is 1.66. The highest BCUT2D eigenvalue weighted by molar-refractivity contribution is 6.03. The Morgan fingerprint density at radius 3 is 2.62 bits per heavy atom. The molecule has 0 aliphatic heterocycles. The normalized spacial score (nSPS) is 9.62. The molecule has 6 nitrogen and oxygen atoms in total. The number of amides is 1. The number of ether oxygens (including phenoxy) is 1. The molecule has 0 fully saturated rings. The van der Waals surface area contributed by atoms with E-state index >= 15 is 0 Å². The van der Waals surface area contributed by atoms with Crippen LogP contribution in [-0.2, 0) is 14.3 Å². The van der Waals surface area contributed by atoms with Crippen molar-refractivity contribution in [1.29, 1.82) is 0 Å². The van der Waals surface area contributed by atoms with Crippen molar-refractivity contribution in [3.63, 3.8) is 0 Å². The molecule has 0 spiro atoms. The average molecular weight is 225 g/mol. The molecule has 6 heteroatoms. The standard InChI is InChI=1S/C10H11NO5/c1-6(12)5-8(13)11-9-4-3-7(16-9)10(14)15-2/h3-4H,5H2,1-2H3,(H,11,13). The molecule has 1 amide bonds. The fourth-order valence-corrected chi connectivity index (χ4v) is 1.02. The van der Waals surface area contributed by atoms with Crippen LogP contribution >= 0.6 is 0 Å². The molecule has 86 valence electrons. The summed E-state index contributed by atoms with van der Waals surface area (Å²) in [5.74, 6) is -1.28. The first-order valence-corrected chi connectivity index (χ1v) is 4.50. The molecule has 0 aromatic carbocycles. The Hall–Kier alpha value is -2.11. The maximum Gasteiger partial charge on any atom is 0.374 e. The van der Waals surface area contributed by atoms with Gasteiger partial charge < -0.3 is 9.15 Å². The van der Waals surface area contributed by atoms with Gasteiger partial charge >= 0.3 is 5.97 Å². The zero-order valence-electron chi connectivity index (χ0n) is 8.90. The van der Waals surface area contributed by atoms with E-state index < -0.39 is 11.9 Å². The Labute approximate surface area is 91.6 Å². The predicted octanol–water partition coefficient (Wildman–Crippen LogP) is 0.984. The summed E-state index contributed by atoms with van der Waals surface area (Å²) in [6, 6.07) is 2.78. The lowest BCUT2D eigenvalue weighted by Crippen LogP contribution is -2.14. The van der Waals surface area contributed by atoms with E-state index in [0.717, 1.165) is 0 Å². The summed E-state index contributed by atoms with van der Waals surface area (Å²) in [6.45, 7) is 1.31. The van der Waals surface area contributed by atoms with E-state index in [9.17, 15) is 14.4 Å². The van der Waals surface area contributed by atoms with Gasteiger partial charge in [-0.3, -0.25) is 14.9 Å². The lowest BCUT2D eigenvalue weighted by atomic mass is 10.3. The monoisotopic (exact) mass is 225 g/mol. The number of furan rings is 1. The van der Waals surface area contributed by atoms with Crippen molar-refractivity contribution < 1.29 is 23.5 Å². The number of anilines is 1. The van der Waals surface area contributed by atoms with Gasteiger partial charge in [0.15, 0.2) is 0 Å². The summed E-state index contributed by atoms with van der Waals surface area (Å²) >= 11 is 0. The van der Waals surface area contributed by atoms with Gasteiger partial charge in [0.1, 0.15) is 5.78 Å². The second kappa shape index (κ2) is 5.11. The van der Waals surface area contributed by atoms with Crippen molar-refractivity contribution in [3.8, 4) is 0 Å². The summed E-state index contributed by atoms with van der Waals surface area (Å²) in [5.41, 5.74) is 0. The predicted molar refractivity (Wildman–Crippen MR) is 54.0 cm³/mol. The number of hydrogen-bond donors (Lipinski definition) is 1. The van der Waals surface area contributed by atoms with Crippen LogP contribution in [0.2, 0.25) is 0 Å². The van der Waals surface area contributed by atoms with E-state index in [1.807, 2.05) is 0 Å². The molecule has 16 heavy (non-hydrogen) atoms. The van der Waals surface area contributed by atoms with Crippen LogP contribution in [0.5, 0.6) is 0 Å². The van der Waals surface area contributed by atoms with Crippen molar-refractivity contribution in [2.24, 2.45) is 0 Å². The van der Waals surface area contributed by atoms with Crippen molar-refractivity contribution >= 4 is 23.5 Å². The van der Waals surface area contributed by atoms with Gasteiger partial charge in [-0.25, -0.2) is 4.79 Å². The largest absolute Gasteiger partial charge is 0.463 e. The number of methoxy groups -OCH3 is 1. The summed E-state index contributed by atoms with van der Waals surface area (Å²) in [7, 11) is 1.22. The first-order chi connectivity index (χ1) is 7.52. The molecule has 0 radical (unpaired) electrons. The highest BCUT2D eigenvalue weighted by Gasteiger charge is 2.13. The number of carbonyl (C=O) groups excluding carboxylic acids is 3. The third-order valence-corrected chi connectivity index (χ3v) is 1.66. The van der Waals surface area contributed by atoms with Crippen LogP contribution in [-0.4, -0.2) is 24.8 Å². The van der Waals surface area contributed by atoms with Crippen LogP contribution in [0.1, 0.15) is 23.9 Å². The van der Waals surface area contributed by atoms with Gasteiger partial charge in [-0.15, -0.1) is 0 Å². The van der Waals surface area contributed by atoms with Gasteiger partial charge in [0.05, 0.1) is 13.5 Å².